The maximum Gasteiger partial charge on any atom is 0.251 e. The summed E-state index contributed by atoms with van der Waals surface area (Å²) in [5, 5.41) is 2.97. The van der Waals surface area contributed by atoms with Gasteiger partial charge < -0.3 is 15.6 Å². The highest BCUT2D eigenvalue weighted by Crippen LogP contribution is 2.14. The molecule has 0 aromatic carbocycles. The summed E-state index contributed by atoms with van der Waals surface area (Å²) >= 11 is 0. The van der Waals surface area contributed by atoms with Gasteiger partial charge in [0.05, 0.1) is 0 Å². The lowest BCUT2D eigenvalue weighted by atomic mass is 10.1. The molecule has 2 heterocycles. The minimum atomic E-state index is -0.0751. The number of nitrogens with two attached hydrogens (primary N) is 1. The molecule has 4 N–H and O–H groups in total. The summed E-state index contributed by atoms with van der Waals surface area (Å²) in [6, 6.07) is 3.32. The maximum absolute atomic E-state index is 12.0. The van der Waals surface area contributed by atoms with E-state index in [-0.39, 0.29) is 5.91 Å². The number of anilines is 1. The van der Waals surface area contributed by atoms with Crippen LogP contribution in [0, 0.1) is 5.92 Å². The molecular formula is C13H21N5O. The molecule has 1 aliphatic rings. The lowest BCUT2D eigenvalue weighted by molar-refractivity contribution is 0.0947. The smallest absolute Gasteiger partial charge is 0.251 e. The number of carbonyl (C=O) groups excluding carboxylic acids is 1. The molecule has 1 aromatic rings. The molecule has 0 spiro atoms. The van der Waals surface area contributed by atoms with Crippen LogP contribution in [0.15, 0.2) is 18.3 Å². The highest BCUT2D eigenvalue weighted by molar-refractivity contribution is 5.94. The summed E-state index contributed by atoms with van der Waals surface area (Å²) in [7, 11) is 0. The van der Waals surface area contributed by atoms with Crippen LogP contribution in [0.4, 0.5) is 5.82 Å². The van der Waals surface area contributed by atoms with E-state index in [1.807, 2.05) is 0 Å². The fourth-order valence-electron chi connectivity index (χ4n) is 2.36. The van der Waals surface area contributed by atoms with Crippen LogP contribution < -0.4 is 16.6 Å². The van der Waals surface area contributed by atoms with Crippen molar-refractivity contribution in [3.8, 4) is 0 Å². The fraction of sp³-hybridized carbons (Fsp3) is 0.538. The number of hydrogen-bond donors (Lipinski definition) is 3. The third-order valence-electron chi connectivity index (χ3n) is 3.54. The van der Waals surface area contributed by atoms with E-state index in [9.17, 15) is 4.79 Å². The quantitative estimate of drug-likeness (QED) is 0.530. The molecule has 0 bridgehead atoms. The van der Waals surface area contributed by atoms with E-state index in [0.29, 0.717) is 17.3 Å². The second kappa shape index (κ2) is 6.49. The Morgan fingerprint density at radius 1 is 1.63 bits per heavy atom. The number of nitrogens with zero attached hydrogens (tertiary/aromatic N) is 2. The third-order valence-corrected chi connectivity index (χ3v) is 3.54. The summed E-state index contributed by atoms with van der Waals surface area (Å²) in [5.74, 6) is 6.24. The summed E-state index contributed by atoms with van der Waals surface area (Å²) in [4.78, 5) is 18.4. The van der Waals surface area contributed by atoms with Gasteiger partial charge in [-0.05, 0) is 37.6 Å². The minimum Gasteiger partial charge on any atom is -0.352 e. The SMILES string of the molecule is CCN1CCC(CNC(=O)c2ccnc(NN)c2)C1. The number of likely N-dealkylation sites (tertiary alicyclic amines) is 1. The van der Waals surface area contributed by atoms with Gasteiger partial charge in [-0.1, -0.05) is 6.92 Å². The summed E-state index contributed by atoms with van der Waals surface area (Å²) < 4.78 is 0. The lowest BCUT2D eigenvalue weighted by Crippen LogP contribution is -2.31. The molecule has 0 aliphatic carbocycles. The summed E-state index contributed by atoms with van der Waals surface area (Å²) in [6.45, 7) is 6.18. The zero-order valence-corrected chi connectivity index (χ0v) is 11.2. The maximum atomic E-state index is 12.0. The van der Waals surface area contributed by atoms with E-state index in [0.717, 1.165) is 32.6 Å². The molecule has 104 valence electrons. The first-order chi connectivity index (χ1) is 9.22. The molecule has 19 heavy (non-hydrogen) atoms. The van der Waals surface area contributed by atoms with E-state index in [4.69, 9.17) is 5.84 Å². The number of aromatic nitrogens is 1. The molecule has 0 saturated carbocycles. The molecule has 1 unspecified atom stereocenters. The van der Waals surface area contributed by atoms with Gasteiger partial charge in [-0.3, -0.25) is 4.79 Å². The average Bonchev–Trinajstić information content (AvgIpc) is 2.93. The number of pyridine rings is 1. The zero-order chi connectivity index (χ0) is 13.7. The molecule has 1 atom stereocenters. The Hall–Kier alpha value is -1.66. The Labute approximate surface area is 113 Å². The van der Waals surface area contributed by atoms with Gasteiger partial charge in [-0.15, -0.1) is 0 Å². The number of amides is 1. The van der Waals surface area contributed by atoms with Crippen molar-refractivity contribution in [3.63, 3.8) is 0 Å². The summed E-state index contributed by atoms with van der Waals surface area (Å²) in [6.07, 6.45) is 2.72. The summed E-state index contributed by atoms with van der Waals surface area (Å²) in [5.41, 5.74) is 3.01. The highest BCUT2D eigenvalue weighted by atomic mass is 16.1. The van der Waals surface area contributed by atoms with Gasteiger partial charge in [0.15, 0.2) is 0 Å². The lowest BCUT2D eigenvalue weighted by Gasteiger charge is -2.13. The molecule has 1 fully saturated rings. The van der Waals surface area contributed by atoms with E-state index in [1.54, 1.807) is 18.3 Å². The van der Waals surface area contributed by atoms with Crippen LogP contribution in [0.1, 0.15) is 23.7 Å². The highest BCUT2D eigenvalue weighted by Gasteiger charge is 2.21. The monoisotopic (exact) mass is 263 g/mol. The van der Waals surface area contributed by atoms with Gasteiger partial charge in [0.25, 0.3) is 5.91 Å². The van der Waals surface area contributed by atoms with Crippen LogP contribution in [0.5, 0.6) is 0 Å². The van der Waals surface area contributed by atoms with Crippen molar-refractivity contribution in [2.45, 2.75) is 13.3 Å². The van der Waals surface area contributed by atoms with Crippen molar-refractivity contribution < 1.29 is 4.79 Å². The predicted octanol–water partition coefficient (Wildman–Crippen LogP) is 0.439. The number of nitrogens with one attached hydrogen (secondary N) is 2. The minimum absolute atomic E-state index is 0.0751. The number of hydrazine groups is 1. The van der Waals surface area contributed by atoms with Crippen molar-refractivity contribution in [1.82, 2.24) is 15.2 Å². The van der Waals surface area contributed by atoms with E-state index in [1.165, 1.54) is 0 Å². The molecule has 6 heteroatoms. The van der Waals surface area contributed by atoms with Gasteiger partial charge in [0.2, 0.25) is 0 Å². The molecule has 2 rings (SSSR count). The van der Waals surface area contributed by atoms with Gasteiger partial charge in [-0.2, -0.15) is 0 Å². The first-order valence-corrected chi connectivity index (χ1v) is 6.66. The Bertz CT molecular complexity index is 437. The average molecular weight is 263 g/mol. The fourth-order valence-corrected chi connectivity index (χ4v) is 2.36. The second-order valence-corrected chi connectivity index (χ2v) is 4.83. The van der Waals surface area contributed by atoms with Crippen molar-refractivity contribution in [1.29, 1.82) is 0 Å². The van der Waals surface area contributed by atoms with Gasteiger partial charge in [0.1, 0.15) is 5.82 Å². The molecule has 1 amide bonds. The van der Waals surface area contributed by atoms with Crippen LogP contribution in [0.2, 0.25) is 0 Å². The zero-order valence-electron chi connectivity index (χ0n) is 11.2. The van der Waals surface area contributed by atoms with E-state index >= 15 is 0 Å². The number of hydrogen-bond acceptors (Lipinski definition) is 5. The Morgan fingerprint density at radius 2 is 2.47 bits per heavy atom. The molecule has 6 nitrogen and oxygen atoms in total. The third kappa shape index (κ3) is 3.65. The van der Waals surface area contributed by atoms with Crippen molar-refractivity contribution in [2.75, 3.05) is 31.6 Å². The molecular weight excluding hydrogens is 242 g/mol. The number of rotatable bonds is 5. The predicted molar refractivity (Wildman–Crippen MR) is 74.6 cm³/mol. The number of carbonyl (C=O) groups is 1. The van der Waals surface area contributed by atoms with Gasteiger partial charge >= 0.3 is 0 Å². The van der Waals surface area contributed by atoms with Crippen LogP contribution in [-0.2, 0) is 0 Å². The Balaban J connectivity index is 1.84. The van der Waals surface area contributed by atoms with Crippen LogP contribution >= 0.6 is 0 Å². The van der Waals surface area contributed by atoms with Crippen LogP contribution in [-0.4, -0.2) is 42.0 Å². The molecule has 1 saturated heterocycles. The first kappa shape index (κ1) is 13.8. The molecule has 1 aliphatic heterocycles. The first-order valence-electron chi connectivity index (χ1n) is 6.66. The van der Waals surface area contributed by atoms with Crippen LogP contribution in [0.25, 0.3) is 0 Å². The Kier molecular flexibility index (Phi) is 4.70. The standard InChI is InChI=1S/C13H21N5O/c1-2-18-6-4-10(9-18)8-16-13(19)11-3-5-15-12(7-11)17-14/h3,5,7,10H,2,4,6,8-9,14H2,1H3,(H,15,17)(H,16,19). The topological polar surface area (TPSA) is 83.3 Å². The molecule has 0 radical (unpaired) electrons. The van der Waals surface area contributed by atoms with Crippen molar-refractivity contribution in [3.05, 3.63) is 23.9 Å². The largest absolute Gasteiger partial charge is 0.352 e. The number of nitrogen functional groups attached to an aromatic ring is 1. The van der Waals surface area contributed by atoms with E-state index < -0.39 is 0 Å². The normalized spacial score (nSPS) is 19.4. The Morgan fingerprint density at radius 3 is 3.16 bits per heavy atom. The van der Waals surface area contributed by atoms with Crippen molar-refractivity contribution in [2.24, 2.45) is 11.8 Å². The second-order valence-electron chi connectivity index (χ2n) is 4.83. The van der Waals surface area contributed by atoms with E-state index in [2.05, 4.69) is 27.6 Å². The van der Waals surface area contributed by atoms with Gasteiger partial charge in [0, 0.05) is 24.8 Å². The van der Waals surface area contributed by atoms with Crippen LogP contribution in [0.3, 0.4) is 0 Å². The molecule has 1 aromatic heterocycles. The van der Waals surface area contributed by atoms with Gasteiger partial charge in [-0.25, -0.2) is 10.8 Å². The van der Waals surface area contributed by atoms with Crippen molar-refractivity contribution >= 4 is 11.7 Å².